The Bertz CT molecular complexity index is 650. The summed E-state index contributed by atoms with van der Waals surface area (Å²) in [7, 11) is 0. The quantitative estimate of drug-likeness (QED) is 0.926. The van der Waals surface area contributed by atoms with Gasteiger partial charge in [0.05, 0.1) is 5.60 Å². The van der Waals surface area contributed by atoms with Crippen molar-refractivity contribution in [3.05, 3.63) is 71.3 Å². The second-order valence-corrected chi connectivity index (χ2v) is 7.35. The lowest BCUT2D eigenvalue weighted by molar-refractivity contribution is -0.0595. The molecule has 2 nitrogen and oxygen atoms in total. The Hall–Kier alpha value is -1.64. The van der Waals surface area contributed by atoms with Gasteiger partial charge in [0.15, 0.2) is 0 Å². The zero-order valence-electron chi connectivity index (χ0n) is 13.8. The van der Waals surface area contributed by atoms with Gasteiger partial charge in [0.1, 0.15) is 0 Å². The molecule has 2 aromatic rings. The fourth-order valence-electron chi connectivity index (χ4n) is 4.47. The summed E-state index contributed by atoms with van der Waals surface area (Å²) < 4.78 is 0. The molecule has 2 aromatic carbocycles. The minimum Gasteiger partial charge on any atom is -0.385 e. The van der Waals surface area contributed by atoms with Crippen LogP contribution in [0.2, 0.25) is 0 Å². The molecule has 0 amide bonds. The van der Waals surface area contributed by atoms with Gasteiger partial charge in [0, 0.05) is 18.6 Å². The van der Waals surface area contributed by atoms with E-state index in [4.69, 9.17) is 0 Å². The molecule has 2 aliphatic rings. The number of benzene rings is 2. The van der Waals surface area contributed by atoms with Crippen molar-refractivity contribution in [3.8, 4) is 0 Å². The maximum atomic E-state index is 11.3. The van der Waals surface area contributed by atoms with Crippen molar-refractivity contribution in [2.24, 2.45) is 0 Å². The van der Waals surface area contributed by atoms with E-state index in [1.54, 1.807) is 0 Å². The van der Waals surface area contributed by atoms with E-state index in [0.29, 0.717) is 12.1 Å². The minimum absolute atomic E-state index is 0.500. The van der Waals surface area contributed by atoms with Crippen LogP contribution >= 0.6 is 0 Å². The molecule has 0 aromatic heterocycles. The van der Waals surface area contributed by atoms with Gasteiger partial charge in [-0.05, 0) is 43.7 Å². The highest BCUT2D eigenvalue weighted by atomic mass is 16.3. The third-order valence-electron chi connectivity index (χ3n) is 5.71. The Morgan fingerprint density at radius 2 is 1.57 bits per heavy atom. The van der Waals surface area contributed by atoms with Crippen LogP contribution in [0, 0.1) is 6.92 Å². The average Bonchev–Trinajstić information content (AvgIpc) is 2.80. The molecule has 2 saturated heterocycles. The van der Waals surface area contributed by atoms with Crippen LogP contribution in [0.1, 0.15) is 42.4 Å². The first-order valence-corrected chi connectivity index (χ1v) is 8.73. The summed E-state index contributed by atoms with van der Waals surface area (Å²) >= 11 is 0. The Kier molecular flexibility index (Phi) is 3.74. The molecule has 2 heterocycles. The zero-order valence-corrected chi connectivity index (χ0v) is 13.8. The Morgan fingerprint density at radius 3 is 2.17 bits per heavy atom. The summed E-state index contributed by atoms with van der Waals surface area (Å²) in [6, 6.07) is 20.2. The van der Waals surface area contributed by atoms with E-state index in [2.05, 4.69) is 66.4 Å². The van der Waals surface area contributed by atoms with Crippen molar-refractivity contribution in [1.29, 1.82) is 0 Å². The number of rotatable bonds is 3. The summed E-state index contributed by atoms with van der Waals surface area (Å²) in [4.78, 5) is 2.62. The molecule has 120 valence electrons. The lowest BCUT2D eigenvalue weighted by Crippen LogP contribution is -2.49. The third kappa shape index (κ3) is 2.82. The number of piperidine rings is 1. The summed E-state index contributed by atoms with van der Waals surface area (Å²) in [5.41, 5.74) is 3.08. The molecular weight excluding hydrogens is 282 g/mol. The highest BCUT2D eigenvalue weighted by Crippen LogP contribution is 2.46. The van der Waals surface area contributed by atoms with E-state index in [9.17, 15) is 5.11 Å². The van der Waals surface area contributed by atoms with Crippen LogP contribution < -0.4 is 0 Å². The number of hydrogen-bond acceptors (Lipinski definition) is 2. The van der Waals surface area contributed by atoms with Gasteiger partial charge in [0.25, 0.3) is 0 Å². The molecule has 1 N–H and O–H groups in total. The number of hydrogen-bond donors (Lipinski definition) is 1. The first-order chi connectivity index (χ1) is 11.1. The first kappa shape index (κ1) is 14.9. The summed E-state index contributed by atoms with van der Waals surface area (Å²) in [5, 5.41) is 11.3. The van der Waals surface area contributed by atoms with Gasteiger partial charge in [-0.25, -0.2) is 0 Å². The van der Waals surface area contributed by atoms with E-state index in [1.807, 2.05) is 0 Å². The van der Waals surface area contributed by atoms with Crippen molar-refractivity contribution < 1.29 is 5.11 Å². The fourth-order valence-corrected chi connectivity index (χ4v) is 4.47. The molecule has 4 rings (SSSR count). The van der Waals surface area contributed by atoms with E-state index < -0.39 is 5.60 Å². The van der Waals surface area contributed by atoms with Gasteiger partial charge in [-0.1, -0.05) is 60.2 Å². The van der Waals surface area contributed by atoms with E-state index in [0.717, 1.165) is 24.9 Å². The SMILES string of the molecule is Cc1ccc(C2(O)CC3CCC(C2)N3Cc2ccccc2)cc1. The summed E-state index contributed by atoms with van der Waals surface area (Å²) in [6.07, 6.45) is 4.15. The molecule has 0 aliphatic carbocycles. The van der Waals surface area contributed by atoms with Crippen molar-refractivity contribution in [1.82, 2.24) is 4.90 Å². The second-order valence-electron chi connectivity index (χ2n) is 7.35. The lowest BCUT2D eigenvalue weighted by Gasteiger charge is -2.44. The van der Waals surface area contributed by atoms with Crippen LogP contribution in [0.25, 0.3) is 0 Å². The predicted octanol–water partition coefficient (Wildman–Crippen LogP) is 4.01. The fraction of sp³-hybridized carbons (Fsp3) is 0.429. The Labute approximate surface area is 138 Å². The van der Waals surface area contributed by atoms with Gasteiger partial charge < -0.3 is 5.11 Å². The highest BCUT2D eigenvalue weighted by molar-refractivity contribution is 5.28. The standard InChI is InChI=1S/C21H25NO/c1-16-7-9-18(10-8-16)21(23)13-19-11-12-20(14-21)22(19)15-17-5-3-2-4-6-17/h2-10,19-20,23H,11-15H2,1H3. The van der Waals surface area contributed by atoms with Crippen LogP contribution in [0.15, 0.2) is 54.6 Å². The van der Waals surface area contributed by atoms with Gasteiger partial charge in [-0.2, -0.15) is 0 Å². The van der Waals surface area contributed by atoms with Crippen molar-refractivity contribution in [2.45, 2.75) is 56.8 Å². The van der Waals surface area contributed by atoms with Gasteiger partial charge in [0.2, 0.25) is 0 Å². The first-order valence-electron chi connectivity index (χ1n) is 8.73. The maximum Gasteiger partial charge on any atom is 0.0926 e. The molecule has 0 saturated carbocycles. The number of aryl methyl sites for hydroxylation is 1. The van der Waals surface area contributed by atoms with Crippen molar-refractivity contribution >= 4 is 0 Å². The molecule has 2 aliphatic heterocycles. The molecule has 2 atom stereocenters. The Balaban J connectivity index is 1.54. The monoisotopic (exact) mass is 307 g/mol. The Morgan fingerprint density at radius 1 is 0.957 bits per heavy atom. The van der Waals surface area contributed by atoms with E-state index >= 15 is 0 Å². The maximum absolute atomic E-state index is 11.3. The predicted molar refractivity (Wildman–Crippen MR) is 93.1 cm³/mol. The van der Waals surface area contributed by atoms with Crippen LogP contribution in [0.4, 0.5) is 0 Å². The molecule has 2 heteroatoms. The number of nitrogens with zero attached hydrogens (tertiary/aromatic N) is 1. The van der Waals surface area contributed by atoms with Gasteiger partial charge >= 0.3 is 0 Å². The topological polar surface area (TPSA) is 23.5 Å². The van der Waals surface area contributed by atoms with Crippen LogP contribution in [0.5, 0.6) is 0 Å². The van der Waals surface area contributed by atoms with Crippen LogP contribution in [0.3, 0.4) is 0 Å². The van der Waals surface area contributed by atoms with E-state index in [-0.39, 0.29) is 0 Å². The van der Waals surface area contributed by atoms with Crippen molar-refractivity contribution in [3.63, 3.8) is 0 Å². The molecule has 2 fully saturated rings. The lowest BCUT2D eigenvalue weighted by atomic mass is 9.80. The molecular formula is C21H25NO. The number of fused-ring (bicyclic) bond motifs is 2. The normalized spacial score (nSPS) is 30.5. The molecule has 2 unspecified atom stereocenters. The molecule has 23 heavy (non-hydrogen) atoms. The third-order valence-corrected chi connectivity index (χ3v) is 5.71. The molecule has 0 radical (unpaired) electrons. The van der Waals surface area contributed by atoms with Gasteiger partial charge in [-0.15, -0.1) is 0 Å². The van der Waals surface area contributed by atoms with Crippen LogP contribution in [-0.2, 0) is 12.1 Å². The largest absolute Gasteiger partial charge is 0.385 e. The second kappa shape index (κ2) is 5.77. The summed E-state index contributed by atoms with van der Waals surface area (Å²) in [6.45, 7) is 3.11. The zero-order chi connectivity index (χ0) is 15.9. The van der Waals surface area contributed by atoms with Crippen molar-refractivity contribution in [2.75, 3.05) is 0 Å². The number of aliphatic hydroxyl groups is 1. The average molecular weight is 307 g/mol. The molecule has 2 bridgehead atoms. The summed E-state index contributed by atoms with van der Waals surface area (Å²) in [5.74, 6) is 0. The molecule has 0 spiro atoms. The van der Waals surface area contributed by atoms with Gasteiger partial charge in [-0.3, -0.25) is 4.90 Å². The van der Waals surface area contributed by atoms with E-state index in [1.165, 1.54) is 24.0 Å². The highest BCUT2D eigenvalue weighted by Gasteiger charge is 2.47. The van der Waals surface area contributed by atoms with Crippen LogP contribution in [-0.4, -0.2) is 22.1 Å². The minimum atomic E-state index is -0.646. The smallest absolute Gasteiger partial charge is 0.0926 e.